The van der Waals surface area contributed by atoms with Gasteiger partial charge < -0.3 is 21.6 Å². The molecular formula is C19H40ClNO. The van der Waals surface area contributed by atoms with Crippen LogP contribution in [0, 0.1) is 0 Å². The first kappa shape index (κ1) is 22.2. The highest BCUT2D eigenvalue weighted by molar-refractivity contribution is 4.64. The summed E-state index contributed by atoms with van der Waals surface area (Å²) in [4.78, 5) is 0. The molecule has 22 heavy (non-hydrogen) atoms. The minimum Gasteiger partial charge on any atom is -1.00 e. The van der Waals surface area contributed by atoms with E-state index in [-0.39, 0.29) is 12.4 Å². The Morgan fingerprint density at radius 3 is 1.95 bits per heavy atom. The minimum absolute atomic E-state index is 0. The van der Waals surface area contributed by atoms with Crippen LogP contribution in [0.5, 0.6) is 0 Å². The quantitative estimate of drug-likeness (QED) is 0.303. The van der Waals surface area contributed by atoms with Crippen molar-refractivity contribution in [2.75, 3.05) is 27.4 Å². The summed E-state index contributed by atoms with van der Waals surface area (Å²) < 4.78 is 7.18. The summed E-state index contributed by atoms with van der Waals surface area (Å²) in [5, 5.41) is 0. The lowest BCUT2D eigenvalue weighted by molar-refractivity contribution is -0.910. The van der Waals surface area contributed by atoms with Gasteiger partial charge in [0.15, 0.2) is 6.73 Å². The van der Waals surface area contributed by atoms with Crippen LogP contribution >= 0.6 is 0 Å². The van der Waals surface area contributed by atoms with Gasteiger partial charge in [0.2, 0.25) is 0 Å². The van der Waals surface area contributed by atoms with Crippen molar-refractivity contribution in [3.63, 3.8) is 0 Å². The van der Waals surface area contributed by atoms with Gasteiger partial charge in [0.25, 0.3) is 0 Å². The van der Waals surface area contributed by atoms with Crippen molar-refractivity contribution in [1.82, 2.24) is 0 Å². The van der Waals surface area contributed by atoms with E-state index >= 15 is 0 Å². The molecule has 0 aromatic heterocycles. The van der Waals surface area contributed by atoms with E-state index < -0.39 is 0 Å². The molecule has 0 atom stereocenters. The highest BCUT2D eigenvalue weighted by Crippen LogP contribution is 2.21. The predicted molar refractivity (Wildman–Crippen MR) is 92.4 cm³/mol. The maximum Gasteiger partial charge on any atom is 0.183 e. The second-order valence-corrected chi connectivity index (χ2v) is 7.69. The van der Waals surface area contributed by atoms with Crippen LogP contribution in [0.2, 0.25) is 0 Å². The van der Waals surface area contributed by atoms with Crippen LogP contribution in [0.15, 0.2) is 0 Å². The van der Waals surface area contributed by atoms with Gasteiger partial charge in [-0.1, -0.05) is 64.7 Å². The number of hydrogen-bond donors (Lipinski definition) is 0. The number of rotatable bonds is 12. The molecule has 1 fully saturated rings. The molecule has 3 heteroatoms. The lowest BCUT2D eigenvalue weighted by Gasteiger charge is -2.32. The molecule has 2 nitrogen and oxygen atoms in total. The first-order valence-electron chi connectivity index (χ1n) is 9.57. The number of unbranched alkanes of at least 4 members (excludes halogenated alkanes) is 7. The van der Waals surface area contributed by atoms with Crippen molar-refractivity contribution in [2.24, 2.45) is 0 Å². The predicted octanol–water partition coefficient (Wildman–Crippen LogP) is 2.51. The van der Waals surface area contributed by atoms with Crippen LogP contribution in [-0.4, -0.2) is 38.0 Å². The van der Waals surface area contributed by atoms with Gasteiger partial charge in [-0.2, -0.15) is 0 Å². The summed E-state index contributed by atoms with van der Waals surface area (Å²) in [5.41, 5.74) is 0. The average molecular weight is 334 g/mol. The van der Waals surface area contributed by atoms with E-state index in [1.165, 1.54) is 90.0 Å². The molecule has 0 N–H and O–H groups in total. The van der Waals surface area contributed by atoms with Gasteiger partial charge in [0.05, 0.1) is 26.7 Å². The van der Waals surface area contributed by atoms with E-state index in [1.54, 1.807) is 0 Å². The van der Waals surface area contributed by atoms with E-state index in [0.717, 1.165) is 11.2 Å². The Bertz CT molecular complexity index is 240. The zero-order valence-corrected chi connectivity index (χ0v) is 16.2. The Kier molecular flexibility index (Phi) is 13.8. The van der Waals surface area contributed by atoms with Crippen molar-refractivity contribution in [1.29, 1.82) is 0 Å². The third kappa shape index (κ3) is 11.7. The highest BCUT2D eigenvalue weighted by Gasteiger charge is 2.19. The standard InChI is InChI=1S/C19H40NO.ClH/c1-4-5-6-7-8-9-10-14-17-20(2,3)18-21-19-15-12-11-13-16-19;/h19H,4-18H2,1-3H3;1H/q+1;/p-1. The fraction of sp³-hybridized carbons (Fsp3) is 1.00. The van der Waals surface area contributed by atoms with E-state index in [1.807, 2.05) is 0 Å². The molecule has 0 aliphatic heterocycles. The van der Waals surface area contributed by atoms with Crippen molar-refractivity contribution >= 4 is 0 Å². The summed E-state index contributed by atoms with van der Waals surface area (Å²) in [7, 11) is 4.65. The summed E-state index contributed by atoms with van der Waals surface area (Å²) in [6, 6.07) is 0. The molecule has 1 aliphatic rings. The Hall–Kier alpha value is 0.210. The second-order valence-electron chi connectivity index (χ2n) is 7.69. The van der Waals surface area contributed by atoms with Gasteiger partial charge >= 0.3 is 0 Å². The third-order valence-corrected chi connectivity index (χ3v) is 4.83. The summed E-state index contributed by atoms with van der Waals surface area (Å²) in [5.74, 6) is 0. The third-order valence-electron chi connectivity index (χ3n) is 4.83. The number of halogens is 1. The van der Waals surface area contributed by atoms with Gasteiger partial charge in [-0.3, -0.25) is 0 Å². The maximum atomic E-state index is 6.14. The van der Waals surface area contributed by atoms with Crippen LogP contribution in [0.1, 0.15) is 90.4 Å². The molecule has 1 aliphatic carbocycles. The zero-order chi connectivity index (χ0) is 15.4. The smallest absolute Gasteiger partial charge is 0.183 e. The normalized spacial score (nSPS) is 16.5. The molecule has 0 aromatic carbocycles. The topological polar surface area (TPSA) is 9.23 Å². The molecule has 0 amide bonds. The maximum absolute atomic E-state index is 6.14. The molecule has 0 radical (unpaired) electrons. The van der Waals surface area contributed by atoms with Gasteiger partial charge in [0.1, 0.15) is 0 Å². The first-order valence-corrected chi connectivity index (χ1v) is 9.57. The average Bonchev–Trinajstić information content (AvgIpc) is 2.49. The molecule has 1 rings (SSSR count). The van der Waals surface area contributed by atoms with Crippen molar-refractivity contribution in [3.05, 3.63) is 0 Å². The van der Waals surface area contributed by atoms with E-state index in [4.69, 9.17) is 4.74 Å². The van der Waals surface area contributed by atoms with Crippen LogP contribution in [0.4, 0.5) is 0 Å². The Balaban J connectivity index is 0.00000441. The largest absolute Gasteiger partial charge is 1.00 e. The van der Waals surface area contributed by atoms with Crippen LogP contribution in [0.3, 0.4) is 0 Å². The van der Waals surface area contributed by atoms with Gasteiger partial charge in [-0.15, -0.1) is 0 Å². The monoisotopic (exact) mass is 333 g/mol. The van der Waals surface area contributed by atoms with E-state index in [2.05, 4.69) is 21.0 Å². The lowest BCUT2D eigenvalue weighted by atomic mass is 9.98. The van der Waals surface area contributed by atoms with Crippen LogP contribution < -0.4 is 12.4 Å². The van der Waals surface area contributed by atoms with Gasteiger partial charge in [-0.25, -0.2) is 0 Å². The van der Waals surface area contributed by atoms with Crippen molar-refractivity contribution in [2.45, 2.75) is 96.5 Å². The molecule has 1 saturated carbocycles. The molecule has 0 heterocycles. The summed E-state index contributed by atoms with van der Waals surface area (Å²) in [6.45, 7) is 4.46. The van der Waals surface area contributed by atoms with Gasteiger partial charge in [-0.05, 0) is 25.7 Å². The second kappa shape index (κ2) is 13.6. The van der Waals surface area contributed by atoms with Crippen LogP contribution in [-0.2, 0) is 4.74 Å². The Morgan fingerprint density at radius 1 is 0.818 bits per heavy atom. The molecule has 134 valence electrons. The highest BCUT2D eigenvalue weighted by atomic mass is 35.5. The molecule has 0 bridgehead atoms. The lowest BCUT2D eigenvalue weighted by Crippen LogP contribution is -3.00. The SMILES string of the molecule is CCCCCCCCCC[N+](C)(C)COC1CCCCC1.[Cl-]. The number of ether oxygens (including phenoxy) is 1. The van der Waals surface area contributed by atoms with Crippen molar-refractivity contribution < 1.29 is 21.6 Å². The Labute approximate surface area is 146 Å². The molecule has 0 unspecified atom stereocenters. The summed E-state index contributed by atoms with van der Waals surface area (Å²) >= 11 is 0. The molecular weight excluding hydrogens is 294 g/mol. The van der Waals surface area contributed by atoms with Crippen LogP contribution in [0.25, 0.3) is 0 Å². The fourth-order valence-corrected chi connectivity index (χ4v) is 3.28. The number of nitrogens with zero attached hydrogens (tertiary/aromatic N) is 1. The first-order chi connectivity index (χ1) is 10.1. The van der Waals surface area contributed by atoms with Gasteiger partial charge in [0, 0.05) is 0 Å². The van der Waals surface area contributed by atoms with E-state index in [0.29, 0.717) is 6.10 Å². The van der Waals surface area contributed by atoms with Crippen molar-refractivity contribution in [3.8, 4) is 0 Å². The zero-order valence-electron chi connectivity index (χ0n) is 15.4. The molecule has 0 spiro atoms. The molecule has 0 saturated heterocycles. The fourth-order valence-electron chi connectivity index (χ4n) is 3.28. The van der Waals surface area contributed by atoms with E-state index in [9.17, 15) is 0 Å². The number of hydrogen-bond acceptors (Lipinski definition) is 1. The minimum atomic E-state index is 0. The molecule has 0 aromatic rings. The Morgan fingerprint density at radius 2 is 1.36 bits per heavy atom. The summed E-state index contributed by atoms with van der Waals surface area (Å²) in [6.07, 6.45) is 18.6. The number of quaternary nitrogens is 1.